The van der Waals surface area contributed by atoms with Crippen molar-refractivity contribution in [3.8, 4) is 0 Å². The molecule has 0 bridgehead atoms. The average molecular weight is 336 g/mol. The predicted octanol–water partition coefficient (Wildman–Crippen LogP) is 2.90. The Balaban J connectivity index is 2.01. The minimum Gasteiger partial charge on any atom is -0.324 e. The number of nitrogens with two attached hydrogens (primary N) is 1. The summed E-state index contributed by atoms with van der Waals surface area (Å²) >= 11 is 3.17. The van der Waals surface area contributed by atoms with Crippen LogP contribution in [-0.4, -0.2) is 16.0 Å². The van der Waals surface area contributed by atoms with Gasteiger partial charge in [-0.2, -0.15) is 0 Å². The zero-order valence-corrected chi connectivity index (χ0v) is 12.4. The zero-order valence-electron chi connectivity index (χ0n) is 10.8. The van der Waals surface area contributed by atoms with Crippen molar-refractivity contribution < 1.29 is 4.79 Å². The van der Waals surface area contributed by atoms with Gasteiger partial charge >= 0.3 is 6.03 Å². The van der Waals surface area contributed by atoms with Crippen LogP contribution in [0, 0.1) is 0 Å². The maximum Gasteiger partial charge on any atom is 0.324 e. The van der Waals surface area contributed by atoms with Crippen molar-refractivity contribution in [3.63, 3.8) is 0 Å². The highest BCUT2D eigenvalue weighted by atomic mass is 79.9. The number of nitrogens with zero attached hydrogens (tertiary/aromatic N) is 2. The number of hydrogen-bond acceptors (Lipinski definition) is 4. The first-order valence-corrected chi connectivity index (χ1v) is 6.75. The molecule has 20 heavy (non-hydrogen) atoms. The molecule has 0 aliphatic heterocycles. The number of hydrogen-bond donors (Lipinski definition) is 3. The number of rotatable bonds is 3. The highest BCUT2D eigenvalue weighted by Crippen LogP contribution is 2.16. The average Bonchev–Trinajstić information content (AvgIpc) is 2.41. The van der Waals surface area contributed by atoms with Crippen molar-refractivity contribution >= 4 is 33.5 Å². The Labute approximate surface area is 124 Å². The predicted molar refractivity (Wildman–Crippen MR) is 81.4 cm³/mol. The van der Waals surface area contributed by atoms with Gasteiger partial charge in [0.05, 0.1) is 12.4 Å². The van der Waals surface area contributed by atoms with Crippen molar-refractivity contribution in [1.82, 2.24) is 9.97 Å². The van der Waals surface area contributed by atoms with Crippen molar-refractivity contribution in [2.75, 3.05) is 10.6 Å². The van der Waals surface area contributed by atoms with E-state index in [-0.39, 0.29) is 12.1 Å². The Morgan fingerprint density at radius 3 is 2.75 bits per heavy atom. The van der Waals surface area contributed by atoms with Crippen LogP contribution in [0.1, 0.15) is 18.5 Å². The summed E-state index contributed by atoms with van der Waals surface area (Å²) in [6.07, 6.45) is 2.97. The first-order chi connectivity index (χ1) is 9.54. The number of urea groups is 1. The lowest BCUT2D eigenvalue weighted by Gasteiger charge is -2.10. The van der Waals surface area contributed by atoms with Crippen LogP contribution in [0.3, 0.4) is 0 Å². The Hall–Kier alpha value is -1.99. The summed E-state index contributed by atoms with van der Waals surface area (Å²) in [5.41, 5.74) is 7.42. The van der Waals surface area contributed by atoms with Gasteiger partial charge in [-0.15, -0.1) is 0 Å². The highest BCUT2D eigenvalue weighted by Gasteiger charge is 2.05. The van der Waals surface area contributed by atoms with Gasteiger partial charge in [0.2, 0.25) is 0 Å². The number of aromatic nitrogens is 2. The Kier molecular flexibility index (Phi) is 4.65. The van der Waals surface area contributed by atoms with Crippen LogP contribution in [0.15, 0.2) is 41.3 Å². The molecule has 1 unspecified atom stereocenters. The summed E-state index contributed by atoms with van der Waals surface area (Å²) in [7, 11) is 0. The SMILES string of the molecule is CC(N)c1cccc(NC(=O)Nc2cnc(Br)cn2)c1. The molecule has 0 aliphatic rings. The largest absolute Gasteiger partial charge is 0.324 e. The number of nitrogens with one attached hydrogen (secondary N) is 2. The molecule has 2 rings (SSSR count). The van der Waals surface area contributed by atoms with Crippen LogP contribution in [0.4, 0.5) is 16.3 Å². The van der Waals surface area contributed by atoms with E-state index in [2.05, 4.69) is 36.5 Å². The van der Waals surface area contributed by atoms with E-state index in [1.54, 1.807) is 6.07 Å². The van der Waals surface area contributed by atoms with Gasteiger partial charge in [0.25, 0.3) is 0 Å². The maximum atomic E-state index is 11.8. The highest BCUT2D eigenvalue weighted by molar-refractivity contribution is 9.10. The number of benzene rings is 1. The third-order valence-corrected chi connectivity index (χ3v) is 2.94. The van der Waals surface area contributed by atoms with E-state index in [4.69, 9.17) is 5.73 Å². The molecule has 0 fully saturated rings. The molecule has 4 N–H and O–H groups in total. The first kappa shape index (κ1) is 14.4. The summed E-state index contributed by atoms with van der Waals surface area (Å²) in [6, 6.07) is 6.90. The van der Waals surface area contributed by atoms with Gasteiger partial charge in [-0.05, 0) is 40.5 Å². The minimum absolute atomic E-state index is 0.0860. The molecule has 2 aromatic rings. The first-order valence-electron chi connectivity index (χ1n) is 5.95. The van der Waals surface area contributed by atoms with Crippen LogP contribution in [0.2, 0.25) is 0 Å². The Morgan fingerprint density at radius 1 is 1.30 bits per heavy atom. The van der Waals surface area contributed by atoms with E-state index in [9.17, 15) is 4.79 Å². The summed E-state index contributed by atoms with van der Waals surface area (Å²) in [4.78, 5) is 19.8. The fourth-order valence-electron chi connectivity index (χ4n) is 1.56. The van der Waals surface area contributed by atoms with Gasteiger partial charge in [-0.25, -0.2) is 14.8 Å². The van der Waals surface area contributed by atoms with Gasteiger partial charge in [0, 0.05) is 11.7 Å². The van der Waals surface area contributed by atoms with Gasteiger partial charge in [0.1, 0.15) is 4.60 Å². The third-order valence-electron chi connectivity index (χ3n) is 2.53. The second-order valence-electron chi connectivity index (χ2n) is 4.22. The molecule has 1 aromatic heterocycles. The van der Waals surface area contributed by atoms with Crippen molar-refractivity contribution in [1.29, 1.82) is 0 Å². The van der Waals surface area contributed by atoms with E-state index in [1.807, 2.05) is 25.1 Å². The van der Waals surface area contributed by atoms with Crippen LogP contribution in [0.5, 0.6) is 0 Å². The standard InChI is InChI=1S/C13H14BrN5O/c1-8(15)9-3-2-4-10(5-9)18-13(20)19-12-7-16-11(14)6-17-12/h2-8H,15H2,1H3,(H2,17,18,19,20). The number of carbonyl (C=O) groups is 1. The second-order valence-corrected chi connectivity index (χ2v) is 5.03. The van der Waals surface area contributed by atoms with E-state index in [0.717, 1.165) is 5.56 Å². The van der Waals surface area contributed by atoms with Crippen molar-refractivity contribution in [3.05, 3.63) is 46.8 Å². The summed E-state index contributed by atoms with van der Waals surface area (Å²) < 4.78 is 0.605. The van der Waals surface area contributed by atoms with Crippen LogP contribution in [0.25, 0.3) is 0 Å². The molecule has 1 heterocycles. The molecule has 0 saturated heterocycles. The second kappa shape index (κ2) is 6.44. The number of carbonyl (C=O) groups excluding carboxylic acids is 1. The monoisotopic (exact) mass is 335 g/mol. The van der Waals surface area contributed by atoms with E-state index in [0.29, 0.717) is 16.1 Å². The molecule has 0 spiro atoms. The molecular weight excluding hydrogens is 322 g/mol. The minimum atomic E-state index is -0.386. The molecule has 1 aromatic carbocycles. The van der Waals surface area contributed by atoms with E-state index >= 15 is 0 Å². The molecule has 0 saturated carbocycles. The van der Waals surface area contributed by atoms with Crippen molar-refractivity contribution in [2.24, 2.45) is 5.73 Å². The fourth-order valence-corrected chi connectivity index (χ4v) is 1.76. The number of amides is 2. The summed E-state index contributed by atoms with van der Waals surface area (Å²) in [5, 5.41) is 5.31. The molecule has 0 aliphatic carbocycles. The topological polar surface area (TPSA) is 92.9 Å². The zero-order chi connectivity index (χ0) is 14.5. The molecule has 2 amide bonds. The van der Waals surface area contributed by atoms with Crippen LogP contribution < -0.4 is 16.4 Å². The van der Waals surface area contributed by atoms with Gasteiger partial charge < -0.3 is 11.1 Å². The van der Waals surface area contributed by atoms with Crippen LogP contribution in [-0.2, 0) is 0 Å². The normalized spacial score (nSPS) is 11.8. The molecule has 0 radical (unpaired) electrons. The summed E-state index contributed by atoms with van der Waals surface area (Å²) in [6.45, 7) is 1.89. The van der Waals surface area contributed by atoms with Crippen molar-refractivity contribution in [2.45, 2.75) is 13.0 Å². The lowest BCUT2D eigenvalue weighted by molar-refractivity contribution is 0.262. The molecule has 1 atom stereocenters. The lowest BCUT2D eigenvalue weighted by atomic mass is 10.1. The Morgan fingerprint density at radius 2 is 2.10 bits per heavy atom. The molecule has 7 heteroatoms. The number of halogens is 1. The van der Waals surface area contributed by atoms with Crippen LogP contribution >= 0.6 is 15.9 Å². The lowest BCUT2D eigenvalue weighted by Crippen LogP contribution is -2.20. The molecular formula is C13H14BrN5O. The molecule has 104 valence electrons. The molecule has 6 nitrogen and oxygen atoms in total. The van der Waals surface area contributed by atoms with E-state index < -0.39 is 0 Å². The van der Waals surface area contributed by atoms with Gasteiger partial charge in [0.15, 0.2) is 5.82 Å². The maximum absolute atomic E-state index is 11.8. The van der Waals surface area contributed by atoms with E-state index in [1.165, 1.54) is 12.4 Å². The van der Waals surface area contributed by atoms with Gasteiger partial charge in [-0.3, -0.25) is 5.32 Å². The summed E-state index contributed by atoms with van der Waals surface area (Å²) in [5.74, 6) is 0.369. The van der Waals surface area contributed by atoms with Gasteiger partial charge in [-0.1, -0.05) is 12.1 Å². The number of anilines is 2. The quantitative estimate of drug-likeness (QED) is 0.803. The Bertz CT molecular complexity index is 600. The fraction of sp³-hybridized carbons (Fsp3) is 0.154. The smallest absolute Gasteiger partial charge is 0.324 e. The third kappa shape index (κ3) is 4.01.